The van der Waals surface area contributed by atoms with E-state index in [1.807, 2.05) is 93.9 Å². The molecule has 0 aliphatic carbocycles. The second kappa shape index (κ2) is 14.8. The standard InChI is InChI=1S/C21H22N3OS.C2H6.CH4.Yb/c1-15-14-26-21(24(15)3)23-19-12-8-7-11-18(19)13-20(25)22-16(2)17-9-5-4-6-10-17;1-2;;/h4-12,16H,13H2,1-3H3,(H,22,25);1-2H3;1H4;/q-1;;;. The Bertz CT molecular complexity index is 964. The van der Waals surface area contributed by atoms with Gasteiger partial charge in [-0.3, -0.25) is 4.79 Å². The van der Waals surface area contributed by atoms with Gasteiger partial charge in [-0.15, -0.1) is 0 Å². The summed E-state index contributed by atoms with van der Waals surface area (Å²) in [5.41, 5.74) is 3.87. The number of rotatable bonds is 5. The minimum absolute atomic E-state index is 0. The molecule has 0 bridgehead atoms. The normalized spacial score (nSPS) is 11.3. The minimum atomic E-state index is -0.0276. The maximum atomic E-state index is 12.5. The Morgan fingerprint density at radius 1 is 1.13 bits per heavy atom. The SMILES string of the molecule is C.CC.Cc1[c-]sc(=Nc2ccccc2CC(=O)NC(C)c2ccccc2)n1C.[Yb]. The van der Waals surface area contributed by atoms with Crippen molar-refractivity contribution < 1.29 is 51.7 Å². The summed E-state index contributed by atoms with van der Waals surface area (Å²) in [7, 11) is 1.97. The predicted octanol–water partition coefficient (Wildman–Crippen LogP) is 5.51. The number of carbonyl (C=O) groups excluding carboxylic acids is 1. The average Bonchev–Trinajstić information content (AvgIpc) is 3.03. The first kappa shape index (κ1) is 28.9. The third kappa shape index (κ3) is 8.18. The summed E-state index contributed by atoms with van der Waals surface area (Å²) < 4.78 is 2.00. The van der Waals surface area contributed by atoms with Crippen molar-refractivity contribution in [3.05, 3.63) is 81.6 Å². The molecule has 0 spiro atoms. The third-order valence-electron chi connectivity index (χ3n) is 4.32. The number of nitrogens with zero attached hydrogens (tertiary/aromatic N) is 2. The number of aromatic nitrogens is 1. The number of nitrogens with one attached hydrogen (secondary N) is 1. The Labute approximate surface area is 223 Å². The maximum Gasteiger partial charge on any atom is 0.224 e. The van der Waals surface area contributed by atoms with Gasteiger partial charge in [0.1, 0.15) is 0 Å². The number of benzene rings is 2. The van der Waals surface area contributed by atoms with Crippen LogP contribution in [0.4, 0.5) is 5.69 Å². The van der Waals surface area contributed by atoms with E-state index in [-0.39, 0.29) is 66.3 Å². The fraction of sp³-hybridized carbons (Fsp3) is 0.333. The van der Waals surface area contributed by atoms with Crippen LogP contribution in [0.15, 0.2) is 59.6 Å². The smallest absolute Gasteiger partial charge is 0.224 e. The van der Waals surface area contributed by atoms with E-state index in [0.29, 0.717) is 6.42 Å². The van der Waals surface area contributed by atoms with Gasteiger partial charge in [-0.25, -0.2) is 0 Å². The number of thiazole rings is 1. The molecule has 1 aromatic heterocycles. The predicted molar refractivity (Wildman–Crippen MR) is 123 cm³/mol. The van der Waals surface area contributed by atoms with Gasteiger partial charge in [-0.05, 0) is 38.1 Å². The van der Waals surface area contributed by atoms with Crippen molar-refractivity contribution in [2.75, 3.05) is 0 Å². The van der Waals surface area contributed by atoms with Crippen molar-refractivity contribution in [2.24, 2.45) is 12.0 Å². The van der Waals surface area contributed by atoms with Crippen LogP contribution in [0, 0.1) is 59.2 Å². The molecule has 1 amide bonds. The van der Waals surface area contributed by atoms with Crippen LogP contribution < -0.4 is 10.1 Å². The van der Waals surface area contributed by atoms with Crippen molar-refractivity contribution in [3.8, 4) is 0 Å². The summed E-state index contributed by atoms with van der Waals surface area (Å²) in [6.45, 7) is 7.99. The number of para-hydroxylation sites is 1. The van der Waals surface area contributed by atoms with Gasteiger partial charge >= 0.3 is 0 Å². The minimum Gasteiger partial charge on any atom is -0.418 e. The summed E-state index contributed by atoms with van der Waals surface area (Å²) in [4.78, 5) is 18.1. The molecule has 30 heavy (non-hydrogen) atoms. The van der Waals surface area contributed by atoms with Gasteiger partial charge in [-0.2, -0.15) is 5.38 Å². The molecule has 0 aliphatic rings. The number of hydrogen-bond acceptors (Lipinski definition) is 3. The zero-order chi connectivity index (χ0) is 20.5. The molecule has 1 unspecified atom stereocenters. The molecule has 1 N–H and O–H groups in total. The van der Waals surface area contributed by atoms with Gasteiger partial charge in [0.15, 0.2) is 0 Å². The summed E-state index contributed by atoms with van der Waals surface area (Å²) in [6.07, 6.45) is 0.300. The molecule has 0 radical (unpaired) electrons. The van der Waals surface area contributed by atoms with Crippen molar-refractivity contribution in [2.45, 2.75) is 47.6 Å². The number of amides is 1. The first-order chi connectivity index (χ1) is 13.5. The largest absolute Gasteiger partial charge is 0.418 e. The van der Waals surface area contributed by atoms with Crippen LogP contribution in [0.2, 0.25) is 0 Å². The molecule has 170 valence electrons. The van der Waals surface area contributed by atoms with E-state index in [0.717, 1.165) is 27.3 Å². The van der Waals surface area contributed by atoms with Crippen molar-refractivity contribution >= 4 is 22.9 Å². The Kier molecular flexibility index (Phi) is 14.2. The molecule has 3 aromatic rings. The zero-order valence-electron chi connectivity index (χ0n) is 17.5. The molecule has 0 aliphatic heterocycles. The van der Waals surface area contributed by atoms with Crippen LogP contribution >= 0.6 is 11.3 Å². The van der Waals surface area contributed by atoms with E-state index in [2.05, 4.69) is 10.7 Å². The molecule has 6 heteroatoms. The molecule has 0 fully saturated rings. The van der Waals surface area contributed by atoms with E-state index >= 15 is 0 Å². The van der Waals surface area contributed by atoms with Gasteiger partial charge < -0.3 is 26.2 Å². The molecule has 4 nitrogen and oxygen atoms in total. The Balaban J connectivity index is 0.00000204. The number of carbonyl (C=O) groups is 1. The van der Waals surface area contributed by atoms with E-state index in [9.17, 15) is 4.79 Å². The van der Waals surface area contributed by atoms with Crippen LogP contribution in [0.1, 0.15) is 51.1 Å². The van der Waals surface area contributed by atoms with E-state index < -0.39 is 0 Å². The van der Waals surface area contributed by atoms with Crippen LogP contribution in [0.3, 0.4) is 0 Å². The van der Waals surface area contributed by atoms with Gasteiger partial charge in [-0.1, -0.05) is 75.5 Å². The Morgan fingerprint density at radius 2 is 1.73 bits per heavy atom. The van der Waals surface area contributed by atoms with E-state index in [1.165, 1.54) is 11.3 Å². The van der Waals surface area contributed by atoms with Crippen molar-refractivity contribution in [3.63, 3.8) is 0 Å². The van der Waals surface area contributed by atoms with E-state index in [4.69, 9.17) is 4.99 Å². The summed E-state index contributed by atoms with van der Waals surface area (Å²) in [5.74, 6) is -0.0118. The Morgan fingerprint density at radius 3 is 2.33 bits per heavy atom. The first-order valence-electron chi connectivity index (χ1n) is 9.55. The molecule has 2 aromatic carbocycles. The average molecular weight is 584 g/mol. The van der Waals surface area contributed by atoms with Crippen molar-refractivity contribution in [1.29, 1.82) is 0 Å². The van der Waals surface area contributed by atoms with Crippen LogP contribution in [-0.2, 0) is 18.3 Å². The van der Waals surface area contributed by atoms with E-state index in [1.54, 1.807) is 0 Å². The van der Waals surface area contributed by atoms with Crippen molar-refractivity contribution in [1.82, 2.24) is 9.88 Å². The first-order valence-corrected chi connectivity index (χ1v) is 10.4. The quantitative estimate of drug-likeness (QED) is 0.396. The van der Waals surface area contributed by atoms with Gasteiger partial charge in [0.25, 0.3) is 0 Å². The molecule has 1 atom stereocenters. The zero-order valence-corrected chi connectivity index (χ0v) is 20.0. The summed E-state index contributed by atoms with van der Waals surface area (Å²) >= 11 is 1.48. The summed E-state index contributed by atoms with van der Waals surface area (Å²) in [6, 6.07) is 17.7. The molecule has 0 saturated carbocycles. The molecule has 3 rings (SSSR count). The second-order valence-electron chi connectivity index (χ2n) is 6.25. The molecule has 1 heterocycles. The number of hydrogen-bond donors (Lipinski definition) is 1. The molecular weight excluding hydrogens is 551 g/mol. The fourth-order valence-electron chi connectivity index (χ4n) is 2.66. The third-order valence-corrected chi connectivity index (χ3v) is 5.26. The van der Waals surface area contributed by atoms with Crippen LogP contribution in [0.25, 0.3) is 0 Å². The van der Waals surface area contributed by atoms with Gasteiger partial charge in [0.05, 0.1) is 12.5 Å². The Hall–Kier alpha value is -1.14. The fourth-order valence-corrected chi connectivity index (χ4v) is 3.45. The topological polar surface area (TPSA) is 46.4 Å². The van der Waals surface area contributed by atoms with Crippen LogP contribution in [0.5, 0.6) is 0 Å². The van der Waals surface area contributed by atoms with Gasteiger partial charge in [0, 0.05) is 57.4 Å². The molecular formula is C24H32N3OSYb-. The van der Waals surface area contributed by atoms with Gasteiger partial charge in [0.2, 0.25) is 5.91 Å². The number of aryl methyl sites for hydroxylation is 1. The monoisotopic (exact) mass is 584 g/mol. The molecule has 0 saturated heterocycles. The van der Waals surface area contributed by atoms with Crippen LogP contribution in [-0.4, -0.2) is 10.5 Å². The summed E-state index contributed by atoms with van der Waals surface area (Å²) in [5, 5.41) is 6.26. The second-order valence-corrected chi connectivity index (χ2v) is 7.02. The maximum absolute atomic E-state index is 12.5.